The molecule has 0 aliphatic rings. The van der Waals surface area contributed by atoms with Crippen molar-refractivity contribution in [2.75, 3.05) is 6.61 Å². The molecule has 0 fully saturated rings. The minimum atomic E-state index is -0.357. The van der Waals surface area contributed by atoms with Gasteiger partial charge in [-0.2, -0.15) is 0 Å². The van der Waals surface area contributed by atoms with Crippen LogP contribution in [0.1, 0.15) is 25.5 Å². The third-order valence-electron chi connectivity index (χ3n) is 3.86. The first-order valence-corrected chi connectivity index (χ1v) is 7.96. The number of carbonyl (C=O) groups excluding carboxylic acids is 1. The van der Waals surface area contributed by atoms with Crippen LogP contribution in [0.4, 0.5) is 0 Å². The van der Waals surface area contributed by atoms with Gasteiger partial charge < -0.3 is 14.6 Å². The predicted octanol–water partition coefficient (Wildman–Crippen LogP) is 2.71. The van der Waals surface area contributed by atoms with Gasteiger partial charge in [-0.1, -0.05) is 18.2 Å². The number of para-hydroxylation sites is 2. The number of benzene rings is 1. The molecule has 0 radical (unpaired) electrons. The normalized spacial score (nSPS) is 12.1. The van der Waals surface area contributed by atoms with E-state index in [9.17, 15) is 4.79 Å². The number of hydrogen-bond acceptors (Lipinski definition) is 4. The average Bonchev–Trinajstić information content (AvgIpc) is 3.04. The fourth-order valence-corrected chi connectivity index (χ4v) is 2.57. The molecule has 24 heavy (non-hydrogen) atoms. The van der Waals surface area contributed by atoms with Crippen molar-refractivity contribution in [1.29, 1.82) is 0 Å². The summed E-state index contributed by atoms with van der Waals surface area (Å²) in [5, 5.41) is 2.94. The van der Waals surface area contributed by atoms with Gasteiger partial charge in [-0.3, -0.25) is 4.79 Å². The maximum Gasteiger partial charge on any atom is 0.243 e. The van der Waals surface area contributed by atoms with Crippen LogP contribution in [0.2, 0.25) is 0 Å². The van der Waals surface area contributed by atoms with E-state index < -0.39 is 0 Å². The Morgan fingerprint density at radius 1 is 1.25 bits per heavy atom. The van der Waals surface area contributed by atoms with E-state index in [1.807, 2.05) is 54.8 Å². The van der Waals surface area contributed by atoms with Gasteiger partial charge in [0.1, 0.15) is 6.04 Å². The molecular formula is C18H20N4O2. The molecule has 0 aliphatic heterocycles. The second-order valence-electron chi connectivity index (χ2n) is 5.44. The molecule has 0 bridgehead atoms. The summed E-state index contributed by atoms with van der Waals surface area (Å²) in [5.74, 6) is 0.477. The number of nitrogens with one attached hydrogen (secondary N) is 1. The van der Waals surface area contributed by atoms with E-state index >= 15 is 0 Å². The molecule has 124 valence electrons. The van der Waals surface area contributed by atoms with Crippen molar-refractivity contribution in [3.63, 3.8) is 0 Å². The fourth-order valence-electron chi connectivity index (χ4n) is 2.57. The Hall–Kier alpha value is -2.89. The van der Waals surface area contributed by atoms with Gasteiger partial charge in [-0.05, 0) is 32.0 Å². The van der Waals surface area contributed by atoms with Crippen LogP contribution in [0.25, 0.3) is 11.0 Å². The Balaban J connectivity index is 1.71. The molecule has 3 rings (SSSR count). The number of hydrogen-bond donors (Lipinski definition) is 1. The lowest BCUT2D eigenvalue weighted by Gasteiger charge is -2.15. The van der Waals surface area contributed by atoms with Crippen LogP contribution in [0, 0.1) is 0 Å². The Bertz CT molecular complexity index is 844. The summed E-state index contributed by atoms with van der Waals surface area (Å²) in [6.07, 6.45) is 3.38. The molecule has 0 aliphatic carbocycles. The summed E-state index contributed by atoms with van der Waals surface area (Å²) in [4.78, 5) is 21.0. The van der Waals surface area contributed by atoms with Crippen LogP contribution in [0.3, 0.4) is 0 Å². The molecule has 0 saturated heterocycles. The highest BCUT2D eigenvalue weighted by Gasteiger charge is 2.17. The largest absolute Gasteiger partial charge is 0.478 e. The Morgan fingerprint density at radius 3 is 2.92 bits per heavy atom. The summed E-state index contributed by atoms with van der Waals surface area (Å²) in [7, 11) is 0. The summed E-state index contributed by atoms with van der Waals surface area (Å²) >= 11 is 0. The lowest BCUT2D eigenvalue weighted by atomic mass is 10.2. The smallest absolute Gasteiger partial charge is 0.243 e. The van der Waals surface area contributed by atoms with Gasteiger partial charge in [0.05, 0.1) is 24.0 Å². The minimum absolute atomic E-state index is 0.0792. The van der Waals surface area contributed by atoms with Crippen molar-refractivity contribution in [2.24, 2.45) is 0 Å². The molecule has 1 amide bonds. The van der Waals surface area contributed by atoms with Gasteiger partial charge in [0.25, 0.3) is 0 Å². The second kappa shape index (κ2) is 7.12. The third kappa shape index (κ3) is 3.22. The first-order valence-electron chi connectivity index (χ1n) is 7.96. The average molecular weight is 324 g/mol. The van der Waals surface area contributed by atoms with Gasteiger partial charge in [0, 0.05) is 18.3 Å². The molecule has 1 N–H and O–H groups in total. The van der Waals surface area contributed by atoms with Crippen molar-refractivity contribution in [1.82, 2.24) is 19.9 Å². The zero-order chi connectivity index (χ0) is 16.9. The molecule has 3 aromatic rings. The first-order chi connectivity index (χ1) is 11.7. The molecule has 1 aromatic carbocycles. The van der Waals surface area contributed by atoms with Crippen LogP contribution >= 0.6 is 0 Å². The van der Waals surface area contributed by atoms with Crippen molar-refractivity contribution in [3.8, 4) is 5.88 Å². The standard InChI is InChI=1S/C18H20N4O2/c1-3-24-18-14(7-6-10-19-18)11-20-17(23)13(2)22-12-21-15-8-4-5-9-16(15)22/h4-10,12-13H,3,11H2,1-2H3,(H,20,23)/t13-/m1/s1. The highest BCUT2D eigenvalue weighted by atomic mass is 16.5. The quantitative estimate of drug-likeness (QED) is 0.757. The molecular weight excluding hydrogens is 304 g/mol. The number of rotatable bonds is 6. The van der Waals surface area contributed by atoms with Crippen LogP contribution in [0.5, 0.6) is 5.88 Å². The van der Waals surface area contributed by atoms with Gasteiger partial charge in [0.15, 0.2) is 0 Å². The van der Waals surface area contributed by atoms with Crippen molar-refractivity contribution in [2.45, 2.75) is 26.4 Å². The number of fused-ring (bicyclic) bond motifs is 1. The molecule has 1 atom stereocenters. The number of pyridine rings is 1. The zero-order valence-electron chi connectivity index (χ0n) is 13.8. The highest BCUT2D eigenvalue weighted by Crippen LogP contribution is 2.18. The number of ether oxygens (including phenoxy) is 1. The molecule has 6 heteroatoms. The zero-order valence-corrected chi connectivity index (χ0v) is 13.8. The van der Waals surface area contributed by atoms with E-state index in [4.69, 9.17) is 4.74 Å². The summed E-state index contributed by atoms with van der Waals surface area (Å²) in [6.45, 7) is 4.67. The van der Waals surface area contributed by atoms with E-state index in [2.05, 4.69) is 15.3 Å². The van der Waals surface area contributed by atoms with E-state index in [1.165, 1.54) is 0 Å². The van der Waals surface area contributed by atoms with Gasteiger partial charge >= 0.3 is 0 Å². The molecule has 6 nitrogen and oxygen atoms in total. The van der Waals surface area contributed by atoms with E-state index in [0.717, 1.165) is 16.6 Å². The molecule has 2 heterocycles. The number of nitrogens with zero attached hydrogens (tertiary/aromatic N) is 3. The van der Waals surface area contributed by atoms with Gasteiger partial charge in [0.2, 0.25) is 11.8 Å². The van der Waals surface area contributed by atoms with Crippen molar-refractivity contribution >= 4 is 16.9 Å². The third-order valence-corrected chi connectivity index (χ3v) is 3.86. The molecule has 0 unspecified atom stereocenters. The maximum atomic E-state index is 12.5. The Kier molecular flexibility index (Phi) is 4.74. The van der Waals surface area contributed by atoms with Gasteiger partial charge in [-0.15, -0.1) is 0 Å². The fraction of sp³-hybridized carbons (Fsp3) is 0.278. The molecule has 2 aromatic heterocycles. The van der Waals surface area contributed by atoms with Crippen LogP contribution in [-0.2, 0) is 11.3 Å². The number of aromatic nitrogens is 3. The van der Waals surface area contributed by atoms with Crippen LogP contribution in [0.15, 0.2) is 48.9 Å². The van der Waals surface area contributed by atoms with E-state index in [-0.39, 0.29) is 11.9 Å². The van der Waals surface area contributed by atoms with Crippen LogP contribution in [-0.4, -0.2) is 27.0 Å². The van der Waals surface area contributed by atoms with Crippen LogP contribution < -0.4 is 10.1 Å². The number of amides is 1. The molecule has 0 saturated carbocycles. The summed E-state index contributed by atoms with van der Waals surface area (Å²) < 4.78 is 7.35. The lowest BCUT2D eigenvalue weighted by Crippen LogP contribution is -2.30. The highest BCUT2D eigenvalue weighted by molar-refractivity contribution is 5.83. The van der Waals surface area contributed by atoms with Gasteiger partial charge in [-0.25, -0.2) is 9.97 Å². The first kappa shape index (κ1) is 16.0. The topological polar surface area (TPSA) is 69.0 Å². The van der Waals surface area contributed by atoms with Crippen molar-refractivity contribution in [3.05, 3.63) is 54.5 Å². The van der Waals surface area contributed by atoms with E-state index in [0.29, 0.717) is 19.0 Å². The summed E-state index contributed by atoms with van der Waals surface area (Å²) in [6, 6.07) is 11.1. The maximum absolute atomic E-state index is 12.5. The number of carbonyl (C=O) groups is 1. The Labute approximate surface area is 140 Å². The van der Waals surface area contributed by atoms with E-state index in [1.54, 1.807) is 12.5 Å². The molecule has 0 spiro atoms. The lowest BCUT2D eigenvalue weighted by molar-refractivity contribution is -0.123. The monoisotopic (exact) mass is 324 g/mol. The van der Waals surface area contributed by atoms with Crippen molar-refractivity contribution < 1.29 is 9.53 Å². The Morgan fingerprint density at radius 2 is 2.08 bits per heavy atom. The minimum Gasteiger partial charge on any atom is -0.478 e. The summed E-state index contributed by atoms with van der Waals surface area (Å²) in [5.41, 5.74) is 2.68. The number of imidazole rings is 1. The SMILES string of the molecule is CCOc1ncccc1CNC(=O)[C@@H](C)n1cnc2ccccc21. The predicted molar refractivity (Wildman–Crippen MR) is 91.7 cm³/mol. The second-order valence-corrected chi connectivity index (χ2v) is 5.44.